The van der Waals surface area contributed by atoms with E-state index in [1.165, 1.54) is 37.8 Å². The van der Waals surface area contributed by atoms with Crippen LogP contribution in [0.5, 0.6) is 5.75 Å². The Bertz CT molecular complexity index is 435. The summed E-state index contributed by atoms with van der Waals surface area (Å²) in [5, 5.41) is 3.52. The number of ether oxygens (including phenoxy) is 1. The zero-order valence-electron chi connectivity index (χ0n) is 10.8. The maximum atomic E-state index is 13.2. The topological polar surface area (TPSA) is 21.3 Å². The number of rotatable bonds is 2. The molecule has 3 unspecified atom stereocenters. The van der Waals surface area contributed by atoms with E-state index in [-0.39, 0.29) is 11.9 Å². The fraction of sp³-hybridized carbons (Fsp3) is 0.600. The molecule has 0 saturated heterocycles. The van der Waals surface area contributed by atoms with Gasteiger partial charge in [0.15, 0.2) is 0 Å². The van der Waals surface area contributed by atoms with Crippen molar-refractivity contribution < 1.29 is 9.13 Å². The molecule has 3 atom stereocenters. The van der Waals surface area contributed by atoms with Gasteiger partial charge < -0.3 is 10.1 Å². The van der Waals surface area contributed by atoms with Gasteiger partial charge in [-0.15, -0.1) is 0 Å². The first-order chi connectivity index (χ1) is 8.76. The van der Waals surface area contributed by atoms with Gasteiger partial charge in [-0.1, -0.05) is 19.8 Å². The molecule has 1 heterocycles. The molecule has 0 radical (unpaired) electrons. The quantitative estimate of drug-likeness (QED) is 0.856. The molecule has 98 valence electrons. The van der Waals surface area contributed by atoms with Crippen molar-refractivity contribution in [1.29, 1.82) is 0 Å². The molecule has 1 aromatic carbocycles. The van der Waals surface area contributed by atoms with Crippen LogP contribution in [0.25, 0.3) is 0 Å². The molecule has 2 nitrogen and oxygen atoms in total. The molecule has 1 aromatic rings. The van der Waals surface area contributed by atoms with Gasteiger partial charge in [0.05, 0.1) is 11.7 Å². The number of anilines is 1. The van der Waals surface area contributed by atoms with Crippen molar-refractivity contribution in [2.24, 2.45) is 5.92 Å². The third kappa shape index (κ3) is 2.18. The van der Waals surface area contributed by atoms with Gasteiger partial charge in [0.1, 0.15) is 17.7 Å². The normalized spacial score (nSPS) is 29.8. The molecule has 3 rings (SSSR count). The number of nitrogens with one attached hydrogen (secondary N) is 1. The van der Waals surface area contributed by atoms with Gasteiger partial charge in [-0.05, 0) is 37.3 Å². The molecule has 1 saturated carbocycles. The fourth-order valence-corrected chi connectivity index (χ4v) is 3.27. The third-order valence-corrected chi connectivity index (χ3v) is 4.16. The highest BCUT2D eigenvalue weighted by Crippen LogP contribution is 2.39. The van der Waals surface area contributed by atoms with Crippen molar-refractivity contribution in [3.8, 4) is 5.75 Å². The summed E-state index contributed by atoms with van der Waals surface area (Å²) in [6.45, 7) is 2.25. The van der Waals surface area contributed by atoms with Gasteiger partial charge in [0.25, 0.3) is 0 Å². The third-order valence-electron chi connectivity index (χ3n) is 4.16. The molecule has 0 aromatic heterocycles. The summed E-state index contributed by atoms with van der Waals surface area (Å²) in [6.07, 6.45) is 6.27. The summed E-state index contributed by atoms with van der Waals surface area (Å²) in [5.41, 5.74) is 0.940. The standard InChI is InChI=1S/C15H20FNO/c1-2-3-10-4-7-14-13(8-10)17-12-6-5-11(16)9-15(12)18-14/h5-6,9-10,13-14,17H,2-4,7-8H2,1H3. The smallest absolute Gasteiger partial charge is 0.145 e. The van der Waals surface area contributed by atoms with Gasteiger partial charge >= 0.3 is 0 Å². The number of halogens is 1. The van der Waals surface area contributed by atoms with Gasteiger partial charge in [0, 0.05) is 6.07 Å². The lowest BCUT2D eigenvalue weighted by molar-refractivity contribution is 0.105. The highest BCUT2D eigenvalue weighted by atomic mass is 19.1. The molecule has 18 heavy (non-hydrogen) atoms. The van der Waals surface area contributed by atoms with Crippen molar-refractivity contribution in [2.75, 3.05) is 5.32 Å². The molecule has 1 N–H and O–H groups in total. The average molecular weight is 249 g/mol. The van der Waals surface area contributed by atoms with Crippen LogP contribution in [-0.4, -0.2) is 12.1 Å². The maximum Gasteiger partial charge on any atom is 0.145 e. The molecule has 1 aliphatic carbocycles. The number of hydrogen-bond acceptors (Lipinski definition) is 2. The molecular formula is C15H20FNO. The van der Waals surface area contributed by atoms with Crippen LogP contribution in [0.15, 0.2) is 18.2 Å². The average Bonchev–Trinajstić information content (AvgIpc) is 2.37. The van der Waals surface area contributed by atoms with Gasteiger partial charge in [-0.2, -0.15) is 0 Å². The Morgan fingerprint density at radius 2 is 2.28 bits per heavy atom. The molecule has 0 amide bonds. The Morgan fingerprint density at radius 1 is 1.39 bits per heavy atom. The van der Waals surface area contributed by atoms with Crippen LogP contribution in [0.3, 0.4) is 0 Å². The van der Waals surface area contributed by atoms with E-state index in [0.717, 1.165) is 18.0 Å². The predicted molar refractivity (Wildman–Crippen MR) is 70.5 cm³/mol. The molecule has 2 aliphatic rings. The SMILES string of the molecule is CCCC1CCC2Oc3cc(F)ccc3NC2C1. The van der Waals surface area contributed by atoms with Gasteiger partial charge in [-0.3, -0.25) is 0 Å². The Kier molecular flexibility index (Phi) is 3.14. The van der Waals surface area contributed by atoms with Crippen LogP contribution in [0.2, 0.25) is 0 Å². The minimum absolute atomic E-state index is 0.215. The van der Waals surface area contributed by atoms with E-state index in [2.05, 4.69) is 12.2 Å². The Labute approximate surface area is 108 Å². The van der Waals surface area contributed by atoms with Crippen molar-refractivity contribution >= 4 is 5.69 Å². The number of fused-ring (bicyclic) bond motifs is 2. The highest BCUT2D eigenvalue weighted by molar-refractivity contribution is 5.59. The van der Waals surface area contributed by atoms with Crippen molar-refractivity contribution in [3.63, 3.8) is 0 Å². The van der Waals surface area contributed by atoms with E-state index in [9.17, 15) is 4.39 Å². The summed E-state index contributed by atoms with van der Waals surface area (Å²) >= 11 is 0. The first-order valence-corrected chi connectivity index (χ1v) is 6.99. The van der Waals surface area contributed by atoms with Crippen LogP contribution < -0.4 is 10.1 Å². The van der Waals surface area contributed by atoms with Crippen LogP contribution >= 0.6 is 0 Å². The monoisotopic (exact) mass is 249 g/mol. The van der Waals surface area contributed by atoms with Gasteiger partial charge in [0.2, 0.25) is 0 Å². The first-order valence-electron chi connectivity index (χ1n) is 6.99. The molecule has 3 heteroatoms. The Hall–Kier alpha value is -1.25. The van der Waals surface area contributed by atoms with E-state index < -0.39 is 0 Å². The van der Waals surface area contributed by atoms with Crippen LogP contribution in [-0.2, 0) is 0 Å². The molecule has 0 spiro atoms. The lowest BCUT2D eigenvalue weighted by atomic mass is 9.80. The lowest BCUT2D eigenvalue weighted by Gasteiger charge is -2.41. The van der Waals surface area contributed by atoms with Crippen LogP contribution in [0.1, 0.15) is 39.0 Å². The molecular weight excluding hydrogens is 229 g/mol. The van der Waals surface area contributed by atoms with E-state index in [4.69, 9.17) is 4.74 Å². The van der Waals surface area contributed by atoms with E-state index in [1.54, 1.807) is 6.07 Å². The summed E-state index contributed by atoms with van der Waals surface area (Å²) in [4.78, 5) is 0. The second-order valence-corrected chi connectivity index (χ2v) is 5.52. The summed E-state index contributed by atoms with van der Waals surface area (Å²) in [7, 11) is 0. The minimum Gasteiger partial charge on any atom is -0.486 e. The maximum absolute atomic E-state index is 13.2. The first kappa shape index (κ1) is 11.8. The minimum atomic E-state index is -0.228. The largest absolute Gasteiger partial charge is 0.486 e. The molecule has 1 aliphatic heterocycles. The summed E-state index contributed by atoms with van der Waals surface area (Å²) in [5.74, 6) is 1.26. The summed E-state index contributed by atoms with van der Waals surface area (Å²) in [6, 6.07) is 5.15. The summed E-state index contributed by atoms with van der Waals surface area (Å²) < 4.78 is 19.1. The molecule has 0 bridgehead atoms. The van der Waals surface area contributed by atoms with Crippen molar-refractivity contribution in [2.45, 2.75) is 51.2 Å². The van der Waals surface area contributed by atoms with Crippen LogP contribution in [0, 0.1) is 11.7 Å². The second kappa shape index (κ2) is 4.79. The van der Waals surface area contributed by atoms with Crippen molar-refractivity contribution in [1.82, 2.24) is 0 Å². The number of benzene rings is 1. The highest BCUT2D eigenvalue weighted by Gasteiger charge is 2.35. The number of hydrogen-bond donors (Lipinski definition) is 1. The van der Waals surface area contributed by atoms with E-state index in [1.807, 2.05) is 0 Å². The fourth-order valence-electron chi connectivity index (χ4n) is 3.27. The van der Waals surface area contributed by atoms with Crippen molar-refractivity contribution in [3.05, 3.63) is 24.0 Å². The van der Waals surface area contributed by atoms with E-state index in [0.29, 0.717) is 11.8 Å². The Morgan fingerprint density at radius 3 is 3.11 bits per heavy atom. The Balaban J connectivity index is 1.76. The predicted octanol–water partition coefficient (Wildman–Crippen LogP) is 3.97. The molecule has 1 fully saturated rings. The van der Waals surface area contributed by atoms with Gasteiger partial charge in [-0.25, -0.2) is 4.39 Å². The van der Waals surface area contributed by atoms with Crippen LogP contribution in [0.4, 0.5) is 10.1 Å². The zero-order valence-corrected chi connectivity index (χ0v) is 10.8. The second-order valence-electron chi connectivity index (χ2n) is 5.52. The van der Waals surface area contributed by atoms with E-state index >= 15 is 0 Å². The zero-order chi connectivity index (χ0) is 12.5. The lowest BCUT2D eigenvalue weighted by Crippen LogP contribution is -2.45.